The molecule has 17 heavy (non-hydrogen) atoms. The van der Waals surface area contributed by atoms with Crippen molar-refractivity contribution in [2.24, 2.45) is 0 Å². The molecule has 0 spiro atoms. The van der Waals surface area contributed by atoms with Crippen LogP contribution in [0.15, 0.2) is 5.16 Å². The van der Waals surface area contributed by atoms with Crippen molar-refractivity contribution < 1.29 is 9.90 Å². The number of tetrazole rings is 1. The molecule has 0 saturated carbocycles. The Kier molecular flexibility index (Phi) is 7.02. The van der Waals surface area contributed by atoms with E-state index in [0.717, 1.165) is 31.1 Å². The number of aryl methyl sites for hydroxylation is 1. The second-order valence-electron chi connectivity index (χ2n) is 3.42. The molecule has 0 atom stereocenters. The highest BCUT2D eigenvalue weighted by atomic mass is 32.2. The largest absolute Gasteiger partial charge is 0.481 e. The summed E-state index contributed by atoms with van der Waals surface area (Å²) in [5.74, 6) is 0.313. The molecule has 0 radical (unpaired) electrons. The minimum atomic E-state index is -0.857. The summed E-state index contributed by atoms with van der Waals surface area (Å²) in [6, 6.07) is 0. The van der Waals surface area contributed by atoms with Crippen molar-refractivity contribution in [1.82, 2.24) is 20.2 Å². The van der Waals surface area contributed by atoms with Gasteiger partial charge in [0.25, 0.3) is 0 Å². The van der Waals surface area contributed by atoms with Crippen molar-refractivity contribution in [3.05, 3.63) is 0 Å². The van der Waals surface area contributed by atoms with Gasteiger partial charge < -0.3 is 5.11 Å². The van der Waals surface area contributed by atoms with Gasteiger partial charge in [0, 0.05) is 6.54 Å². The van der Waals surface area contributed by atoms with Crippen molar-refractivity contribution in [2.45, 2.75) is 31.0 Å². The highest BCUT2D eigenvalue weighted by Gasteiger charge is 2.08. The Balaban J connectivity index is 2.27. The highest BCUT2D eigenvalue weighted by Crippen LogP contribution is 2.14. The lowest BCUT2D eigenvalue weighted by atomic mass is 10.2. The number of carboxylic acids is 1. The molecule has 8 heteroatoms. The number of aliphatic carboxylic acids is 1. The molecule has 0 bridgehead atoms. The van der Waals surface area contributed by atoms with E-state index in [-0.39, 0.29) is 5.75 Å². The van der Waals surface area contributed by atoms with Gasteiger partial charge in [0.15, 0.2) is 0 Å². The lowest BCUT2D eigenvalue weighted by molar-refractivity contribution is -0.133. The molecule has 0 fully saturated rings. The molecule has 1 aromatic rings. The molecular formula is C9H16N4O2S2. The molecule has 0 aromatic carbocycles. The second-order valence-corrected chi connectivity index (χ2v) is 5.35. The predicted octanol–water partition coefficient (Wildman–Crippen LogP) is 1.38. The van der Waals surface area contributed by atoms with Crippen LogP contribution in [-0.2, 0) is 11.3 Å². The third kappa shape index (κ3) is 5.92. The Morgan fingerprint density at radius 1 is 1.41 bits per heavy atom. The number of rotatable bonds is 9. The van der Waals surface area contributed by atoms with Crippen LogP contribution < -0.4 is 0 Å². The van der Waals surface area contributed by atoms with Gasteiger partial charge in [-0.25, -0.2) is 4.68 Å². The van der Waals surface area contributed by atoms with E-state index in [2.05, 4.69) is 21.8 Å². The fourth-order valence-electron chi connectivity index (χ4n) is 1.25. The number of thioether (sulfide) groups is 2. The first-order valence-electron chi connectivity index (χ1n) is 5.33. The van der Waals surface area contributed by atoms with Crippen molar-refractivity contribution in [1.29, 1.82) is 0 Å². The average Bonchev–Trinajstić information content (AvgIpc) is 2.73. The van der Waals surface area contributed by atoms with E-state index in [0.29, 0.717) is 5.16 Å². The van der Waals surface area contributed by atoms with E-state index in [1.54, 1.807) is 4.68 Å². The number of hydrogen-bond acceptors (Lipinski definition) is 6. The van der Waals surface area contributed by atoms with Crippen molar-refractivity contribution >= 4 is 29.5 Å². The van der Waals surface area contributed by atoms with Crippen LogP contribution in [0.2, 0.25) is 0 Å². The van der Waals surface area contributed by atoms with E-state index in [1.165, 1.54) is 12.2 Å². The molecule has 0 amide bonds. The maximum atomic E-state index is 10.4. The van der Waals surface area contributed by atoms with Crippen LogP contribution in [0.1, 0.15) is 19.3 Å². The van der Waals surface area contributed by atoms with Gasteiger partial charge >= 0.3 is 5.97 Å². The van der Waals surface area contributed by atoms with E-state index in [9.17, 15) is 4.79 Å². The van der Waals surface area contributed by atoms with Crippen LogP contribution in [-0.4, -0.2) is 49.0 Å². The van der Waals surface area contributed by atoms with E-state index in [1.807, 2.05) is 11.8 Å². The maximum Gasteiger partial charge on any atom is 0.313 e. The lowest BCUT2D eigenvalue weighted by Gasteiger charge is -2.02. The van der Waals surface area contributed by atoms with Gasteiger partial charge in [-0.1, -0.05) is 18.2 Å². The Morgan fingerprint density at radius 3 is 2.94 bits per heavy atom. The Labute approximate surface area is 109 Å². The van der Waals surface area contributed by atoms with Crippen LogP contribution in [0.3, 0.4) is 0 Å². The molecule has 6 nitrogen and oxygen atoms in total. The summed E-state index contributed by atoms with van der Waals surface area (Å²) in [5, 5.41) is 20.4. The Bertz CT molecular complexity index is 345. The lowest BCUT2D eigenvalue weighted by Crippen LogP contribution is -2.05. The van der Waals surface area contributed by atoms with E-state index < -0.39 is 5.97 Å². The van der Waals surface area contributed by atoms with Crippen LogP contribution in [0.25, 0.3) is 0 Å². The van der Waals surface area contributed by atoms with E-state index >= 15 is 0 Å². The second kappa shape index (κ2) is 8.35. The number of carbonyl (C=O) groups is 1. The molecule has 1 rings (SSSR count). The molecule has 0 aliphatic heterocycles. The maximum absolute atomic E-state index is 10.4. The Hall–Kier alpha value is -0.760. The van der Waals surface area contributed by atoms with Crippen molar-refractivity contribution in [2.75, 3.05) is 17.8 Å². The van der Waals surface area contributed by atoms with Gasteiger partial charge in [0.1, 0.15) is 0 Å². The summed E-state index contributed by atoms with van der Waals surface area (Å²) in [4.78, 5) is 10.4. The summed E-state index contributed by atoms with van der Waals surface area (Å²) >= 11 is 3.00. The molecule has 1 aromatic heterocycles. The van der Waals surface area contributed by atoms with Crippen molar-refractivity contribution in [3.8, 4) is 0 Å². The first kappa shape index (κ1) is 14.3. The minimum Gasteiger partial charge on any atom is -0.481 e. The van der Waals surface area contributed by atoms with Crippen molar-refractivity contribution in [3.63, 3.8) is 0 Å². The average molecular weight is 276 g/mol. The topological polar surface area (TPSA) is 80.9 Å². The van der Waals surface area contributed by atoms with Gasteiger partial charge in [0.05, 0.1) is 5.75 Å². The van der Waals surface area contributed by atoms with Crippen LogP contribution >= 0.6 is 23.5 Å². The van der Waals surface area contributed by atoms with Gasteiger partial charge in [0.2, 0.25) is 5.16 Å². The summed E-state index contributed by atoms with van der Waals surface area (Å²) in [5.41, 5.74) is 0. The number of unbranched alkanes of at least 4 members (excludes halogenated alkanes) is 2. The monoisotopic (exact) mass is 276 g/mol. The molecule has 0 aliphatic carbocycles. The SMILES string of the molecule is CSCCCCCn1nnnc1SCC(=O)O. The molecule has 96 valence electrons. The number of carboxylic acid groups (broad SMARTS) is 1. The number of hydrogen-bond donors (Lipinski definition) is 1. The molecule has 1 N–H and O–H groups in total. The zero-order valence-electron chi connectivity index (χ0n) is 9.70. The van der Waals surface area contributed by atoms with Crippen LogP contribution in [0.5, 0.6) is 0 Å². The zero-order valence-corrected chi connectivity index (χ0v) is 11.3. The first-order chi connectivity index (χ1) is 8.24. The van der Waals surface area contributed by atoms with Crippen LogP contribution in [0, 0.1) is 0 Å². The standard InChI is InChI=1S/C9H16N4O2S2/c1-16-6-4-2-3-5-13-9(10-11-12-13)17-7-8(14)15/h2-7H2,1H3,(H,14,15). The summed E-state index contributed by atoms with van der Waals surface area (Å²) in [6.45, 7) is 0.753. The van der Waals surface area contributed by atoms with Gasteiger partial charge in [-0.2, -0.15) is 11.8 Å². The normalized spacial score (nSPS) is 10.6. The predicted molar refractivity (Wildman–Crippen MR) is 68.4 cm³/mol. The number of aromatic nitrogens is 4. The van der Waals surface area contributed by atoms with Crippen LogP contribution in [0.4, 0.5) is 0 Å². The van der Waals surface area contributed by atoms with Gasteiger partial charge in [-0.3, -0.25) is 4.79 Å². The summed E-state index contributed by atoms with van der Waals surface area (Å²) < 4.78 is 1.67. The number of nitrogens with zero attached hydrogens (tertiary/aromatic N) is 4. The molecule has 0 aliphatic rings. The highest BCUT2D eigenvalue weighted by molar-refractivity contribution is 7.99. The zero-order chi connectivity index (χ0) is 12.5. The summed E-state index contributed by atoms with van der Waals surface area (Å²) in [7, 11) is 0. The smallest absolute Gasteiger partial charge is 0.313 e. The Morgan fingerprint density at radius 2 is 2.24 bits per heavy atom. The fraction of sp³-hybridized carbons (Fsp3) is 0.778. The van der Waals surface area contributed by atoms with Gasteiger partial charge in [-0.15, -0.1) is 5.10 Å². The molecule has 1 heterocycles. The van der Waals surface area contributed by atoms with E-state index in [4.69, 9.17) is 5.11 Å². The third-order valence-electron chi connectivity index (χ3n) is 2.04. The third-order valence-corrected chi connectivity index (χ3v) is 3.68. The molecule has 0 unspecified atom stereocenters. The fourth-order valence-corrected chi connectivity index (χ4v) is 2.37. The quantitative estimate of drug-likeness (QED) is 0.539. The first-order valence-corrected chi connectivity index (χ1v) is 7.71. The molecule has 0 saturated heterocycles. The summed E-state index contributed by atoms with van der Waals surface area (Å²) in [6.07, 6.45) is 5.46. The minimum absolute atomic E-state index is 0.00710. The molecular weight excluding hydrogens is 260 g/mol. The van der Waals surface area contributed by atoms with Gasteiger partial charge in [-0.05, 0) is 35.3 Å².